The summed E-state index contributed by atoms with van der Waals surface area (Å²) in [6, 6.07) is 15.1. The molecule has 1 aliphatic heterocycles. The van der Waals surface area contributed by atoms with Gasteiger partial charge in [0.15, 0.2) is 0 Å². The number of benzene rings is 2. The molecular weight excluding hydrogens is 338 g/mol. The summed E-state index contributed by atoms with van der Waals surface area (Å²) in [5.41, 5.74) is 3.27. The van der Waals surface area contributed by atoms with Crippen molar-refractivity contribution in [1.82, 2.24) is 10.2 Å². The van der Waals surface area contributed by atoms with Crippen molar-refractivity contribution in [1.29, 1.82) is 0 Å². The molecule has 2 aromatic rings. The highest BCUT2D eigenvalue weighted by Gasteiger charge is 2.35. The Bertz CT molecular complexity index is 815. The third-order valence-corrected chi connectivity index (χ3v) is 4.64. The van der Waals surface area contributed by atoms with Crippen molar-refractivity contribution in [2.75, 3.05) is 18.4 Å². The molecule has 1 heterocycles. The van der Waals surface area contributed by atoms with Gasteiger partial charge in [-0.15, -0.1) is 0 Å². The van der Waals surface area contributed by atoms with Gasteiger partial charge in [-0.1, -0.05) is 39.0 Å². The highest BCUT2D eigenvalue weighted by Crippen LogP contribution is 2.34. The lowest BCUT2D eigenvalue weighted by Gasteiger charge is -2.26. The van der Waals surface area contributed by atoms with E-state index in [1.54, 1.807) is 0 Å². The van der Waals surface area contributed by atoms with Gasteiger partial charge in [-0.25, -0.2) is 0 Å². The number of nitrogens with one attached hydrogen (secondary N) is 2. The van der Waals surface area contributed by atoms with E-state index in [0.29, 0.717) is 24.6 Å². The van der Waals surface area contributed by atoms with Gasteiger partial charge >= 0.3 is 0 Å². The molecule has 142 valence electrons. The standard InChI is InChI=1S/C22H27N3O2/c1-4-13-25-20(18-7-5-6-8-19(18)22(25)27)24-17-11-9-16(10-12-17)21(26)23-14-15(2)3/h5-12,15,20,24H,4,13-14H2,1-3H3,(H,23,26). The fourth-order valence-electron chi connectivity index (χ4n) is 3.27. The van der Waals surface area contributed by atoms with Crippen molar-refractivity contribution < 1.29 is 9.59 Å². The number of amides is 2. The fourth-order valence-corrected chi connectivity index (χ4v) is 3.27. The van der Waals surface area contributed by atoms with Crippen LogP contribution in [-0.4, -0.2) is 29.8 Å². The Morgan fingerprint density at radius 2 is 1.81 bits per heavy atom. The van der Waals surface area contributed by atoms with Crippen molar-refractivity contribution in [3.05, 3.63) is 65.2 Å². The van der Waals surface area contributed by atoms with Crippen molar-refractivity contribution in [3.63, 3.8) is 0 Å². The zero-order chi connectivity index (χ0) is 19.4. The Kier molecular flexibility index (Phi) is 5.79. The van der Waals surface area contributed by atoms with Crippen molar-refractivity contribution in [2.45, 2.75) is 33.4 Å². The molecule has 5 nitrogen and oxygen atoms in total. The molecule has 2 aromatic carbocycles. The van der Waals surface area contributed by atoms with E-state index in [1.807, 2.05) is 53.4 Å². The van der Waals surface area contributed by atoms with Crippen LogP contribution < -0.4 is 10.6 Å². The van der Waals surface area contributed by atoms with Crippen LogP contribution in [0, 0.1) is 5.92 Å². The Morgan fingerprint density at radius 3 is 2.48 bits per heavy atom. The van der Waals surface area contributed by atoms with E-state index in [0.717, 1.165) is 23.2 Å². The number of hydrogen-bond acceptors (Lipinski definition) is 3. The number of carbonyl (C=O) groups is 2. The maximum atomic E-state index is 12.7. The van der Waals surface area contributed by atoms with Gasteiger partial charge in [-0.3, -0.25) is 9.59 Å². The summed E-state index contributed by atoms with van der Waals surface area (Å²) in [4.78, 5) is 26.7. The lowest BCUT2D eigenvalue weighted by atomic mass is 10.1. The van der Waals surface area contributed by atoms with Crippen LogP contribution >= 0.6 is 0 Å². The average Bonchev–Trinajstić information content (AvgIpc) is 2.93. The number of hydrogen-bond donors (Lipinski definition) is 2. The van der Waals surface area contributed by atoms with Crippen molar-refractivity contribution in [2.24, 2.45) is 5.92 Å². The predicted octanol–water partition coefficient (Wildman–Crippen LogP) is 4.05. The van der Waals surface area contributed by atoms with Crippen LogP contribution in [0.3, 0.4) is 0 Å². The summed E-state index contributed by atoms with van der Waals surface area (Å²) >= 11 is 0. The second-order valence-corrected chi connectivity index (χ2v) is 7.31. The normalized spacial score (nSPS) is 15.8. The van der Waals surface area contributed by atoms with Gasteiger partial charge in [-0.2, -0.15) is 0 Å². The minimum atomic E-state index is -0.186. The molecule has 0 bridgehead atoms. The summed E-state index contributed by atoms with van der Waals surface area (Å²) in [6.45, 7) is 7.55. The highest BCUT2D eigenvalue weighted by atomic mass is 16.2. The quantitative estimate of drug-likeness (QED) is 0.778. The fraction of sp³-hybridized carbons (Fsp3) is 0.364. The Morgan fingerprint density at radius 1 is 1.11 bits per heavy atom. The van der Waals surface area contributed by atoms with E-state index < -0.39 is 0 Å². The topological polar surface area (TPSA) is 61.4 Å². The van der Waals surface area contributed by atoms with E-state index in [-0.39, 0.29) is 18.0 Å². The minimum Gasteiger partial charge on any atom is -0.361 e. The van der Waals surface area contributed by atoms with Crippen LogP contribution in [0.15, 0.2) is 48.5 Å². The maximum absolute atomic E-state index is 12.7. The van der Waals surface area contributed by atoms with Crippen LogP contribution in [0.4, 0.5) is 5.69 Å². The third kappa shape index (κ3) is 4.13. The van der Waals surface area contributed by atoms with E-state index in [1.165, 1.54) is 0 Å². The monoisotopic (exact) mass is 365 g/mol. The van der Waals surface area contributed by atoms with Gasteiger partial charge in [0.05, 0.1) is 0 Å². The van der Waals surface area contributed by atoms with E-state index in [9.17, 15) is 9.59 Å². The van der Waals surface area contributed by atoms with Gasteiger partial charge in [0.1, 0.15) is 6.17 Å². The molecule has 5 heteroatoms. The number of fused-ring (bicyclic) bond motifs is 1. The first-order valence-electron chi connectivity index (χ1n) is 9.56. The molecule has 3 rings (SSSR count). The minimum absolute atomic E-state index is 0.0645. The van der Waals surface area contributed by atoms with Crippen LogP contribution in [0.25, 0.3) is 0 Å². The van der Waals surface area contributed by atoms with Crippen LogP contribution in [0.5, 0.6) is 0 Å². The summed E-state index contributed by atoms with van der Waals surface area (Å²) < 4.78 is 0. The number of rotatable bonds is 7. The molecule has 0 fully saturated rings. The van der Waals surface area contributed by atoms with Crippen molar-refractivity contribution >= 4 is 17.5 Å². The molecular formula is C22H27N3O2. The second-order valence-electron chi connectivity index (χ2n) is 7.31. The van der Waals surface area contributed by atoms with Gasteiger partial charge in [-0.05, 0) is 42.7 Å². The molecule has 1 atom stereocenters. The number of nitrogens with zero attached hydrogens (tertiary/aromatic N) is 1. The average molecular weight is 365 g/mol. The highest BCUT2D eigenvalue weighted by molar-refractivity contribution is 5.99. The van der Waals surface area contributed by atoms with Crippen molar-refractivity contribution in [3.8, 4) is 0 Å². The van der Waals surface area contributed by atoms with E-state index in [4.69, 9.17) is 0 Å². The van der Waals surface area contributed by atoms with Gasteiger partial charge in [0.25, 0.3) is 11.8 Å². The first kappa shape index (κ1) is 19.0. The molecule has 1 unspecified atom stereocenters. The van der Waals surface area contributed by atoms with Crippen LogP contribution in [0.2, 0.25) is 0 Å². The SMILES string of the molecule is CCCN1C(=O)c2ccccc2C1Nc1ccc(C(=O)NCC(C)C)cc1. The summed E-state index contributed by atoms with van der Waals surface area (Å²) in [6.07, 6.45) is 0.710. The second kappa shape index (κ2) is 8.25. The summed E-state index contributed by atoms with van der Waals surface area (Å²) in [5, 5.41) is 6.37. The number of carbonyl (C=O) groups excluding carboxylic acids is 2. The zero-order valence-corrected chi connectivity index (χ0v) is 16.2. The molecule has 27 heavy (non-hydrogen) atoms. The Labute approximate surface area is 160 Å². The first-order valence-corrected chi connectivity index (χ1v) is 9.56. The summed E-state index contributed by atoms with van der Waals surface area (Å²) in [7, 11) is 0. The van der Waals surface area contributed by atoms with Crippen LogP contribution in [-0.2, 0) is 0 Å². The Balaban J connectivity index is 1.76. The lowest BCUT2D eigenvalue weighted by molar-refractivity contribution is 0.0743. The maximum Gasteiger partial charge on any atom is 0.256 e. The molecule has 0 saturated heterocycles. The molecule has 0 aliphatic carbocycles. The zero-order valence-electron chi connectivity index (χ0n) is 16.2. The smallest absolute Gasteiger partial charge is 0.256 e. The molecule has 2 amide bonds. The van der Waals surface area contributed by atoms with E-state index >= 15 is 0 Å². The van der Waals surface area contributed by atoms with Crippen LogP contribution in [0.1, 0.15) is 59.6 Å². The molecule has 0 spiro atoms. The van der Waals surface area contributed by atoms with Gasteiger partial charge < -0.3 is 15.5 Å². The molecule has 0 radical (unpaired) electrons. The number of anilines is 1. The Hall–Kier alpha value is -2.82. The first-order chi connectivity index (χ1) is 13.0. The molecule has 2 N–H and O–H groups in total. The third-order valence-electron chi connectivity index (χ3n) is 4.64. The predicted molar refractivity (Wildman–Crippen MR) is 108 cm³/mol. The van der Waals surface area contributed by atoms with Gasteiger partial charge in [0, 0.05) is 35.5 Å². The van der Waals surface area contributed by atoms with Gasteiger partial charge in [0.2, 0.25) is 0 Å². The molecule has 1 aliphatic rings. The lowest BCUT2D eigenvalue weighted by Crippen LogP contribution is -2.33. The largest absolute Gasteiger partial charge is 0.361 e. The molecule has 0 aromatic heterocycles. The van der Waals surface area contributed by atoms with E-state index in [2.05, 4.69) is 31.4 Å². The molecule has 0 saturated carbocycles. The summed E-state index contributed by atoms with van der Waals surface area (Å²) in [5.74, 6) is 0.415.